The molecule has 0 N–H and O–H groups in total. The summed E-state index contributed by atoms with van der Waals surface area (Å²) < 4.78 is 30.3. The molecular weight excluding hydrogens is 248 g/mol. The first kappa shape index (κ1) is 11.8. The summed E-state index contributed by atoms with van der Waals surface area (Å²) in [5, 5.41) is 2.45. The van der Waals surface area contributed by atoms with Crippen LogP contribution in [0, 0.1) is 0 Å². The lowest BCUT2D eigenvalue weighted by molar-refractivity contribution is 0.214. The summed E-state index contributed by atoms with van der Waals surface area (Å²) in [6.07, 6.45) is 2.35. The van der Waals surface area contributed by atoms with Crippen molar-refractivity contribution in [3.8, 4) is 5.19 Å². The molecule has 5 nitrogen and oxygen atoms in total. The summed E-state index contributed by atoms with van der Waals surface area (Å²) in [5.74, 6) is 0.150. The maximum atomic E-state index is 11.6. The Balaban J connectivity index is 1.94. The number of sulfonamides is 1. The fourth-order valence-corrected chi connectivity index (χ4v) is 3.33. The van der Waals surface area contributed by atoms with Crippen LogP contribution in [0.25, 0.3) is 0 Å². The molecule has 1 aliphatic heterocycles. The zero-order valence-electron chi connectivity index (χ0n) is 9.00. The first-order valence-electron chi connectivity index (χ1n) is 5.16. The average molecular weight is 262 g/mol. The first-order chi connectivity index (χ1) is 7.62. The van der Waals surface area contributed by atoms with Gasteiger partial charge in [-0.2, -0.15) is 4.31 Å². The van der Waals surface area contributed by atoms with Crippen molar-refractivity contribution in [2.75, 3.05) is 18.8 Å². The SMILES string of the molecule is CCS(=O)(=O)N1CCC(Oc2nccs2)C1. The molecule has 0 radical (unpaired) electrons. The summed E-state index contributed by atoms with van der Waals surface area (Å²) in [6.45, 7) is 2.65. The van der Waals surface area contributed by atoms with Gasteiger partial charge in [-0.1, -0.05) is 11.3 Å². The van der Waals surface area contributed by atoms with Crippen LogP contribution in [0.2, 0.25) is 0 Å². The second-order valence-electron chi connectivity index (χ2n) is 3.59. The summed E-state index contributed by atoms with van der Waals surface area (Å²) in [7, 11) is -3.07. The van der Waals surface area contributed by atoms with E-state index >= 15 is 0 Å². The van der Waals surface area contributed by atoms with Crippen LogP contribution in [0.4, 0.5) is 0 Å². The minimum Gasteiger partial charge on any atom is -0.465 e. The average Bonchev–Trinajstić information content (AvgIpc) is 2.89. The molecule has 0 spiro atoms. The third kappa shape index (κ3) is 2.53. The lowest BCUT2D eigenvalue weighted by atomic mass is 10.3. The standard InChI is InChI=1S/C9H14N2O3S2/c1-2-16(12,13)11-5-3-8(7-11)14-9-10-4-6-15-9/h4,6,8H,2-3,5,7H2,1H3. The van der Waals surface area contributed by atoms with Crippen molar-refractivity contribution >= 4 is 21.4 Å². The molecule has 1 fully saturated rings. The predicted octanol–water partition coefficient (Wildman–Crippen LogP) is 0.946. The molecule has 0 bridgehead atoms. The maximum absolute atomic E-state index is 11.6. The molecule has 1 aromatic heterocycles. The number of nitrogens with zero attached hydrogens (tertiary/aromatic N) is 2. The minimum atomic E-state index is -3.07. The van der Waals surface area contributed by atoms with E-state index in [1.54, 1.807) is 13.1 Å². The molecule has 0 saturated carbocycles. The van der Waals surface area contributed by atoms with Crippen molar-refractivity contribution in [2.24, 2.45) is 0 Å². The van der Waals surface area contributed by atoms with E-state index < -0.39 is 10.0 Å². The van der Waals surface area contributed by atoms with Crippen molar-refractivity contribution in [1.29, 1.82) is 0 Å². The van der Waals surface area contributed by atoms with Gasteiger partial charge in [0.1, 0.15) is 6.10 Å². The molecule has 1 aliphatic rings. The van der Waals surface area contributed by atoms with Crippen LogP contribution in [0.15, 0.2) is 11.6 Å². The van der Waals surface area contributed by atoms with E-state index in [0.717, 1.165) is 6.42 Å². The minimum absolute atomic E-state index is 0.0625. The number of thiazole rings is 1. The van der Waals surface area contributed by atoms with Gasteiger partial charge in [0, 0.05) is 18.1 Å². The van der Waals surface area contributed by atoms with Gasteiger partial charge in [-0.3, -0.25) is 0 Å². The Kier molecular flexibility index (Phi) is 3.46. The van der Waals surface area contributed by atoms with Gasteiger partial charge in [-0.15, -0.1) is 0 Å². The Bertz CT molecular complexity index is 430. The molecule has 1 unspecified atom stereocenters. The van der Waals surface area contributed by atoms with Gasteiger partial charge in [0.25, 0.3) is 5.19 Å². The monoisotopic (exact) mass is 262 g/mol. The van der Waals surface area contributed by atoms with Gasteiger partial charge in [0.05, 0.1) is 12.3 Å². The fourth-order valence-electron chi connectivity index (χ4n) is 1.64. The Morgan fingerprint density at radius 2 is 2.50 bits per heavy atom. The van der Waals surface area contributed by atoms with Crippen LogP contribution in [0.5, 0.6) is 5.19 Å². The number of aromatic nitrogens is 1. The Morgan fingerprint density at radius 3 is 3.12 bits per heavy atom. The fraction of sp³-hybridized carbons (Fsp3) is 0.667. The topological polar surface area (TPSA) is 59.5 Å². The number of rotatable bonds is 4. The van der Waals surface area contributed by atoms with Crippen molar-refractivity contribution in [1.82, 2.24) is 9.29 Å². The largest absolute Gasteiger partial charge is 0.465 e. The van der Waals surface area contributed by atoms with Crippen molar-refractivity contribution in [2.45, 2.75) is 19.4 Å². The summed E-state index contributed by atoms with van der Waals surface area (Å²) >= 11 is 1.42. The molecule has 7 heteroatoms. The highest BCUT2D eigenvalue weighted by Gasteiger charge is 2.31. The highest BCUT2D eigenvalue weighted by atomic mass is 32.2. The number of ether oxygens (including phenoxy) is 1. The second-order valence-corrected chi connectivity index (χ2v) is 6.70. The van der Waals surface area contributed by atoms with Crippen molar-refractivity contribution < 1.29 is 13.2 Å². The highest BCUT2D eigenvalue weighted by molar-refractivity contribution is 7.89. The summed E-state index contributed by atoms with van der Waals surface area (Å²) in [5.41, 5.74) is 0. The van der Waals surface area contributed by atoms with Crippen molar-refractivity contribution in [3.05, 3.63) is 11.6 Å². The van der Waals surface area contributed by atoms with Crippen LogP contribution in [-0.4, -0.2) is 42.7 Å². The highest BCUT2D eigenvalue weighted by Crippen LogP contribution is 2.21. The summed E-state index contributed by atoms with van der Waals surface area (Å²) in [4.78, 5) is 4.02. The van der Waals surface area contributed by atoms with E-state index in [9.17, 15) is 8.42 Å². The molecule has 90 valence electrons. The Hall–Kier alpha value is -0.660. The van der Waals surface area contributed by atoms with E-state index in [1.165, 1.54) is 15.6 Å². The third-order valence-corrected chi connectivity index (χ3v) is 5.05. The van der Waals surface area contributed by atoms with E-state index in [2.05, 4.69) is 4.98 Å². The molecule has 2 heterocycles. The lowest BCUT2D eigenvalue weighted by Gasteiger charge is -2.15. The van der Waals surface area contributed by atoms with Gasteiger partial charge >= 0.3 is 0 Å². The smallest absolute Gasteiger partial charge is 0.273 e. The van der Waals surface area contributed by atoms with Gasteiger partial charge in [-0.25, -0.2) is 13.4 Å². The third-order valence-electron chi connectivity index (χ3n) is 2.54. The van der Waals surface area contributed by atoms with E-state index in [4.69, 9.17) is 4.74 Å². The zero-order valence-corrected chi connectivity index (χ0v) is 10.6. The molecule has 16 heavy (non-hydrogen) atoms. The Labute approximate surface area is 99.1 Å². The second kappa shape index (κ2) is 4.68. The molecule has 0 amide bonds. The molecule has 1 atom stereocenters. The summed E-state index contributed by atoms with van der Waals surface area (Å²) in [6, 6.07) is 0. The normalized spacial score (nSPS) is 22.4. The zero-order chi connectivity index (χ0) is 11.6. The molecule has 0 aromatic carbocycles. The van der Waals surface area contributed by atoms with Crippen molar-refractivity contribution in [3.63, 3.8) is 0 Å². The van der Waals surface area contributed by atoms with Crippen LogP contribution in [0.1, 0.15) is 13.3 Å². The quantitative estimate of drug-likeness (QED) is 0.810. The predicted molar refractivity (Wildman–Crippen MR) is 62.2 cm³/mol. The number of hydrogen-bond acceptors (Lipinski definition) is 5. The lowest BCUT2D eigenvalue weighted by Crippen LogP contribution is -2.32. The van der Waals surface area contributed by atoms with E-state index in [1.807, 2.05) is 5.38 Å². The maximum Gasteiger partial charge on any atom is 0.273 e. The molecule has 0 aliphatic carbocycles. The molecule has 2 rings (SSSR count). The van der Waals surface area contributed by atoms with E-state index in [0.29, 0.717) is 18.3 Å². The molecule has 1 aromatic rings. The Morgan fingerprint density at radius 1 is 1.69 bits per heavy atom. The molecule has 1 saturated heterocycles. The van der Waals surface area contributed by atoms with Crippen LogP contribution in [0.3, 0.4) is 0 Å². The van der Waals surface area contributed by atoms with Crippen LogP contribution in [-0.2, 0) is 10.0 Å². The van der Waals surface area contributed by atoms with Crippen LogP contribution >= 0.6 is 11.3 Å². The first-order valence-corrected chi connectivity index (χ1v) is 7.64. The van der Waals surface area contributed by atoms with Gasteiger partial charge in [0.15, 0.2) is 0 Å². The van der Waals surface area contributed by atoms with Crippen LogP contribution < -0.4 is 4.74 Å². The van der Waals surface area contributed by atoms with E-state index in [-0.39, 0.29) is 11.9 Å². The molecular formula is C9H14N2O3S2. The van der Waals surface area contributed by atoms with Gasteiger partial charge in [0.2, 0.25) is 10.0 Å². The van der Waals surface area contributed by atoms with Gasteiger partial charge < -0.3 is 4.74 Å². The van der Waals surface area contributed by atoms with Gasteiger partial charge in [-0.05, 0) is 13.3 Å². The number of hydrogen-bond donors (Lipinski definition) is 0.